The van der Waals surface area contributed by atoms with Gasteiger partial charge in [-0.25, -0.2) is 13.9 Å². The second-order valence-corrected chi connectivity index (χ2v) is 9.94. The van der Waals surface area contributed by atoms with Gasteiger partial charge < -0.3 is 14.4 Å². The molecular weight excluding hydrogens is 477 g/mol. The number of amides is 1. The summed E-state index contributed by atoms with van der Waals surface area (Å²) in [5.41, 5.74) is 1.56. The fourth-order valence-corrected chi connectivity index (χ4v) is 5.21. The van der Waals surface area contributed by atoms with Crippen molar-refractivity contribution in [2.75, 3.05) is 25.4 Å². The van der Waals surface area contributed by atoms with Gasteiger partial charge >= 0.3 is 6.36 Å². The van der Waals surface area contributed by atoms with Crippen molar-refractivity contribution in [1.82, 2.24) is 10.4 Å². The molecule has 2 aromatic rings. The number of nitrogens with one attached hydrogen (secondary N) is 1. The molecule has 2 N–H and O–H groups in total. The molecule has 0 radical (unpaired) electrons. The third-order valence-corrected chi connectivity index (χ3v) is 7.14. The molecule has 12 heteroatoms. The quantitative estimate of drug-likeness (QED) is 0.397. The third kappa shape index (κ3) is 7.61. The molecular formula is C22H25F3N2O6S. The smallest absolute Gasteiger partial charge is 0.457 e. The van der Waals surface area contributed by atoms with Crippen LogP contribution in [0.2, 0.25) is 0 Å². The number of ether oxygens (including phenoxy) is 2. The van der Waals surface area contributed by atoms with Crippen molar-refractivity contribution in [3.05, 3.63) is 48.5 Å². The number of carbonyl (C=O) groups excluding carboxylic acids is 1. The summed E-state index contributed by atoms with van der Waals surface area (Å²) >= 11 is 0. The number of rotatable bonds is 9. The van der Waals surface area contributed by atoms with Gasteiger partial charge in [-0.2, -0.15) is 0 Å². The Balaban J connectivity index is 1.65. The van der Waals surface area contributed by atoms with Crippen LogP contribution in [0.5, 0.6) is 17.2 Å². The lowest BCUT2D eigenvalue weighted by atomic mass is 10.1. The van der Waals surface area contributed by atoms with Crippen LogP contribution in [0.15, 0.2) is 53.4 Å². The number of hydroxylamine groups is 1. The summed E-state index contributed by atoms with van der Waals surface area (Å²) in [5.74, 6) is -2.08. The zero-order valence-electron chi connectivity index (χ0n) is 18.1. The zero-order chi connectivity index (χ0) is 24.8. The van der Waals surface area contributed by atoms with E-state index in [0.717, 1.165) is 44.5 Å². The van der Waals surface area contributed by atoms with Crippen LogP contribution in [-0.2, 0) is 14.6 Å². The van der Waals surface area contributed by atoms with Gasteiger partial charge in [-0.1, -0.05) is 6.42 Å². The molecule has 34 heavy (non-hydrogen) atoms. The fraction of sp³-hybridized carbons (Fsp3) is 0.409. The van der Waals surface area contributed by atoms with E-state index in [0.29, 0.717) is 0 Å². The predicted octanol–water partition coefficient (Wildman–Crippen LogP) is 3.76. The minimum atomic E-state index is -4.80. The second-order valence-electron chi connectivity index (χ2n) is 7.91. The average Bonchev–Trinajstić information content (AvgIpc) is 2.79. The van der Waals surface area contributed by atoms with E-state index >= 15 is 0 Å². The van der Waals surface area contributed by atoms with Crippen LogP contribution in [0.25, 0.3) is 0 Å². The number of halogens is 3. The molecule has 2 aromatic carbocycles. The summed E-state index contributed by atoms with van der Waals surface area (Å²) in [4.78, 5) is 14.1. The van der Waals surface area contributed by atoms with Gasteiger partial charge in [-0.05, 0) is 74.5 Å². The van der Waals surface area contributed by atoms with Crippen LogP contribution in [0.1, 0.15) is 19.3 Å². The molecule has 1 heterocycles. The predicted molar refractivity (Wildman–Crippen MR) is 115 cm³/mol. The molecule has 1 unspecified atom stereocenters. The van der Waals surface area contributed by atoms with Gasteiger partial charge in [0.15, 0.2) is 9.84 Å². The van der Waals surface area contributed by atoms with Crippen molar-refractivity contribution in [1.29, 1.82) is 0 Å². The summed E-state index contributed by atoms with van der Waals surface area (Å²) < 4.78 is 71.9. The van der Waals surface area contributed by atoms with Gasteiger partial charge in [0.05, 0.1) is 16.6 Å². The van der Waals surface area contributed by atoms with Crippen LogP contribution in [0.4, 0.5) is 13.2 Å². The number of nitrogens with zero attached hydrogens (tertiary/aromatic N) is 1. The third-order valence-electron chi connectivity index (χ3n) is 5.30. The number of piperidine rings is 1. The molecule has 1 saturated heterocycles. The van der Waals surface area contributed by atoms with Gasteiger partial charge in [0.2, 0.25) is 5.91 Å². The Morgan fingerprint density at radius 1 is 0.971 bits per heavy atom. The topological polar surface area (TPSA) is 105 Å². The molecule has 1 aliphatic rings. The van der Waals surface area contributed by atoms with E-state index in [9.17, 15) is 26.4 Å². The summed E-state index contributed by atoms with van der Waals surface area (Å²) in [6, 6.07) is 10.2. The maximum atomic E-state index is 12.9. The Bertz CT molecular complexity index is 1050. The van der Waals surface area contributed by atoms with Gasteiger partial charge in [-0.15, -0.1) is 13.2 Å². The van der Waals surface area contributed by atoms with E-state index in [1.807, 2.05) is 4.90 Å². The van der Waals surface area contributed by atoms with Crippen LogP contribution < -0.4 is 15.0 Å². The standard InChI is InChI=1S/C22H25F3N2O6S/c23-22(24,25)33-19-6-4-17(5-7-19)32-18-8-10-20(11-9-18)34(30,31)15-16(21(28)26-29)14-27-12-2-1-3-13-27/h4-11,16,29H,1-3,12-15H2,(H,26,28). The first-order valence-corrected chi connectivity index (χ1v) is 12.2. The zero-order valence-corrected chi connectivity index (χ0v) is 18.9. The van der Waals surface area contributed by atoms with Crippen LogP contribution >= 0.6 is 0 Å². The molecule has 1 amide bonds. The molecule has 3 rings (SSSR count). The normalized spacial score (nSPS) is 16.0. The number of hydrogen-bond donors (Lipinski definition) is 2. The summed E-state index contributed by atoms with van der Waals surface area (Å²) in [6.07, 6.45) is -1.76. The highest BCUT2D eigenvalue weighted by Crippen LogP contribution is 2.28. The number of alkyl halides is 3. The number of carbonyl (C=O) groups is 1. The SMILES string of the molecule is O=C(NO)C(CN1CCCCC1)CS(=O)(=O)c1ccc(Oc2ccc(OC(F)(F)F)cc2)cc1. The minimum absolute atomic E-state index is 0.0249. The van der Waals surface area contributed by atoms with Crippen LogP contribution in [0.3, 0.4) is 0 Å². The Morgan fingerprint density at radius 2 is 1.50 bits per heavy atom. The lowest BCUT2D eigenvalue weighted by Crippen LogP contribution is -2.43. The van der Waals surface area contributed by atoms with Crippen LogP contribution in [-0.4, -0.2) is 56.2 Å². The first-order chi connectivity index (χ1) is 16.1. The minimum Gasteiger partial charge on any atom is -0.457 e. The monoisotopic (exact) mass is 502 g/mol. The molecule has 8 nitrogen and oxygen atoms in total. The first-order valence-electron chi connectivity index (χ1n) is 10.6. The average molecular weight is 503 g/mol. The van der Waals surface area contributed by atoms with E-state index in [-0.39, 0.29) is 22.9 Å². The van der Waals surface area contributed by atoms with E-state index < -0.39 is 39.5 Å². The number of hydrogen-bond acceptors (Lipinski definition) is 7. The van der Waals surface area contributed by atoms with Gasteiger partial charge in [0, 0.05) is 6.54 Å². The summed E-state index contributed by atoms with van der Waals surface area (Å²) in [7, 11) is -3.86. The molecule has 0 aromatic heterocycles. The van der Waals surface area contributed by atoms with Crippen molar-refractivity contribution in [3.8, 4) is 17.2 Å². The van der Waals surface area contributed by atoms with E-state index in [2.05, 4.69) is 4.74 Å². The van der Waals surface area contributed by atoms with Gasteiger partial charge in [0.25, 0.3) is 0 Å². The maximum absolute atomic E-state index is 12.9. The number of benzene rings is 2. The van der Waals surface area contributed by atoms with Crippen molar-refractivity contribution in [2.45, 2.75) is 30.5 Å². The Labute approximate surface area is 195 Å². The van der Waals surface area contributed by atoms with E-state index in [1.54, 1.807) is 5.48 Å². The molecule has 1 atom stereocenters. The molecule has 0 aliphatic carbocycles. The summed E-state index contributed by atoms with van der Waals surface area (Å²) in [6.45, 7) is 1.76. The molecule has 0 bridgehead atoms. The van der Waals surface area contributed by atoms with Crippen LogP contribution in [0, 0.1) is 5.92 Å². The maximum Gasteiger partial charge on any atom is 0.573 e. The van der Waals surface area contributed by atoms with E-state index in [1.165, 1.54) is 36.4 Å². The number of sulfone groups is 1. The Kier molecular flexibility index (Phi) is 8.39. The lowest BCUT2D eigenvalue weighted by molar-refractivity contribution is -0.274. The largest absolute Gasteiger partial charge is 0.573 e. The highest BCUT2D eigenvalue weighted by Gasteiger charge is 2.31. The van der Waals surface area contributed by atoms with Crippen molar-refractivity contribution in [3.63, 3.8) is 0 Å². The molecule has 1 fully saturated rings. The van der Waals surface area contributed by atoms with Gasteiger partial charge in [-0.3, -0.25) is 10.0 Å². The molecule has 0 spiro atoms. The Morgan fingerprint density at radius 3 is 2.03 bits per heavy atom. The van der Waals surface area contributed by atoms with Crippen molar-refractivity contribution < 1.29 is 41.1 Å². The van der Waals surface area contributed by atoms with Crippen molar-refractivity contribution in [2.24, 2.45) is 5.92 Å². The molecule has 186 valence electrons. The highest BCUT2D eigenvalue weighted by molar-refractivity contribution is 7.91. The lowest BCUT2D eigenvalue weighted by Gasteiger charge is -2.29. The van der Waals surface area contributed by atoms with Gasteiger partial charge in [0.1, 0.15) is 17.2 Å². The van der Waals surface area contributed by atoms with E-state index in [4.69, 9.17) is 9.94 Å². The summed E-state index contributed by atoms with van der Waals surface area (Å²) in [5, 5.41) is 9.06. The number of likely N-dealkylation sites (tertiary alicyclic amines) is 1. The molecule has 1 aliphatic heterocycles. The second kappa shape index (κ2) is 11.1. The fourth-order valence-electron chi connectivity index (χ4n) is 3.68. The molecule has 0 saturated carbocycles. The highest BCUT2D eigenvalue weighted by atomic mass is 32.2. The van der Waals surface area contributed by atoms with Crippen molar-refractivity contribution >= 4 is 15.7 Å². The first kappa shape index (κ1) is 25.8. The Hall–Kier alpha value is -2.83.